The number of benzene rings is 1. The maximum atomic E-state index is 10.9. The summed E-state index contributed by atoms with van der Waals surface area (Å²) in [6.45, 7) is 0. The average molecular weight is 256 g/mol. The molecule has 0 aromatic heterocycles. The molecule has 0 spiro atoms. The zero-order valence-electron chi connectivity index (χ0n) is 9.05. The summed E-state index contributed by atoms with van der Waals surface area (Å²) in [5, 5.41) is 11.0. The summed E-state index contributed by atoms with van der Waals surface area (Å²) < 4.78 is 4.44. The third-order valence-corrected chi connectivity index (χ3v) is 2.35. The number of nitro groups is 1. The lowest BCUT2D eigenvalue weighted by atomic mass is 10.1. The standard InChI is InChI=1S/C11H10ClNO4/c1-17-11(14)7-2-4-8-9(12)5-3-6-10(8)13(15)16/h2-6H,7H2,1H3. The van der Waals surface area contributed by atoms with Crippen LogP contribution in [0, 0.1) is 10.1 Å². The second-order valence-electron chi connectivity index (χ2n) is 3.11. The van der Waals surface area contributed by atoms with E-state index in [1.807, 2.05) is 0 Å². The summed E-state index contributed by atoms with van der Waals surface area (Å²) in [6.07, 6.45) is 2.95. The van der Waals surface area contributed by atoms with E-state index in [0.29, 0.717) is 0 Å². The first-order valence-corrected chi connectivity index (χ1v) is 5.10. The van der Waals surface area contributed by atoms with Crippen LogP contribution >= 0.6 is 11.6 Å². The topological polar surface area (TPSA) is 69.4 Å². The molecule has 90 valence electrons. The molecule has 0 amide bonds. The lowest BCUT2D eigenvalue weighted by molar-refractivity contribution is -0.385. The van der Waals surface area contributed by atoms with Gasteiger partial charge in [-0.15, -0.1) is 0 Å². The molecule has 0 atom stereocenters. The first kappa shape index (κ1) is 13.2. The van der Waals surface area contributed by atoms with Crippen molar-refractivity contribution in [2.24, 2.45) is 0 Å². The van der Waals surface area contributed by atoms with Gasteiger partial charge in [-0.25, -0.2) is 0 Å². The highest BCUT2D eigenvalue weighted by Crippen LogP contribution is 2.27. The number of methoxy groups -OCH3 is 1. The fourth-order valence-corrected chi connectivity index (χ4v) is 1.44. The predicted molar refractivity (Wildman–Crippen MR) is 63.8 cm³/mol. The van der Waals surface area contributed by atoms with Crippen molar-refractivity contribution in [2.45, 2.75) is 6.42 Å². The molecule has 5 nitrogen and oxygen atoms in total. The highest BCUT2D eigenvalue weighted by atomic mass is 35.5. The normalized spacial score (nSPS) is 10.5. The van der Waals surface area contributed by atoms with Gasteiger partial charge in [-0.1, -0.05) is 23.7 Å². The smallest absolute Gasteiger partial charge is 0.309 e. The maximum absolute atomic E-state index is 10.9. The van der Waals surface area contributed by atoms with Gasteiger partial charge in [-0.3, -0.25) is 14.9 Å². The summed E-state index contributed by atoms with van der Waals surface area (Å²) in [4.78, 5) is 21.1. The third-order valence-electron chi connectivity index (χ3n) is 2.02. The predicted octanol–water partition coefficient (Wildman–Crippen LogP) is 2.82. The van der Waals surface area contributed by atoms with Crippen molar-refractivity contribution in [3.8, 4) is 0 Å². The van der Waals surface area contributed by atoms with Crippen LogP contribution in [0.4, 0.5) is 5.69 Å². The van der Waals surface area contributed by atoms with Crippen molar-refractivity contribution >= 4 is 29.3 Å². The zero-order valence-corrected chi connectivity index (χ0v) is 9.81. The van der Waals surface area contributed by atoms with Gasteiger partial charge in [0.15, 0.2) is 0 Å². The number of nitro benzene ring substituents is 1. The molecule has 1 rings (SSSR count). The van der Waals surface area contributed by atoms with Crippen molar-refractivity contribution in [3.05, 3.63) is 45.0 Å². The number of rotatable bonds is 4. The van der Waals surface area contributed by atoms with Crippen LogP contribution in [-0.2, 0) is 9.53 Å². The second kappa shape index (κ2) is 6.00. The van der Waals surface area contributed by atoms with Gasteiger partial charge in [-0.05, 0) is 12.1 Å². The minimum absolute atomic E-state index is 0.0406. The fourth-order valence-electron chi connectivity index (χ4n) is 1.21. The van der Waals surface area contributed by atoms with Crippen molar-refractivity contribution in [1.29, 1.82) is 0 Å². The number of hydrogen-bond donors (Lipinski definition) is 0. The molecule has 0 N–H and O–H groups in total. The molecule has 0 saturated heterocycles. The Morgan fingerprint density at radius 1 is 1.59 bits per heavy atom. The SMILES string of the molecule is COC(=O)CC=Cc1c(Cl)cccc1[N+](=O)[O-]. The molecule has 0 aliphatic carbocycles. The first-order valence-electron chi connectivity index (χ1n) is 4.72. The van der Waals surface area contributed by atoms with Crippen LogP contribution in [0.3, 0.4) is 0 Å². The second-order valence-corrected chi connectivity index (χ2v) is 3.52. The van der Waals surface area contributed by atoms with Gasteiger partial charge < -0.3 is 4.74 Å². The Morgan fingerprint density at radius 2 is 2.29 bits per heavy atom. The lowest BCUT2D eigenvalue weighted by Crippen LogP contribution is -1.97. The minimum atomic E-state index is -0.524. The van der Waals surface area contributed by atoms with Gasteiger partial charge >= 0.3 is 5.97 Å². The number of carbonyl (C=O) groups excluding carboxylic acids is 1. The van der Waals surface area contributed by atoms with E-state index in [9.17, 15) is 14.9 Å². The molecule has 0 bridgehead atoms. The Kier molecular flexibility index (Phi) is 4.66. The minimum Gasteiger partial charge on any atom is -0.469 e. The van der Waals surface area contributed by atoms with Gasteiger partial charge in [0.25, 0.3) is 5.69 Å². The summed E-state index contributed by atoms with van der Waals surface area (Å²) >= 11 is 5.85. The number of nitrogens with zero attached hydrogens (tertiary/aromatic N) is 1. The fraction of sp³-hybridized carbons (Fsp3) is 0.182. The van der Waals surface area contributed by atoms with E-state index in [2.05, 4.69) is 4.74 Å². The van der Waals surface area contributed by atoms with Crippen molar-refractivity contribution in [1.82, 2.24) is 0 Å². The summed E-state index contributed by atoms with van der Waals surface area (Å²) in [7, 11) is 1.27. The van der Waals surface area contributed by atoms with Crippen molar-refractivity contribution in [2.75, 3.05) is 7.11 Å². The molecule has 6 heteroatoms. The van der Waals surface area contributed by atoms with Gasteiger partial charge in [0.2, 0.25) is 0 Å². The lowest BCUT2D eigenvalue weighted by Gasteiger charge is -1.99. The van der Waals surface area contributed by atoms with Crippen LogP contribution in [0.2, 0.25) is 5.02 Å². The zero-order chi connectivity index (χ0) is 12.8. The Balaban J connectivity index is 2.97. The third kappa shape index (κ3) is 3.57. The molecule has 1 aromatic carbocycles. The summed E-state index contributed by atoms with van der Waals surface area (Å²) in [6, 6.07) is 4.40. The molecule has 0 radical (unpaired) electrons. The number of ether oxygens (including phenoxy) is 1. The van der Waals surface area contributed by atoms with E-state index in [0.717, 1.165) is 0 Å². The van der Waals surface area contributed by atoms with Crippen LogP contribution in [0.1, 0.15) is 12.0 Å². The number of hydrogen-bond acceptors (Lipinski definition) is 4. The largest absolute Gasteiger partial charge is 0.469 e. The molecular formula is C11H10ClNO4. The number of esters is 1. The number of carbonyl (C=O) groups is 1. The van der Waals surface area contributed by atoms with E-state index in [4.69, 9.17) is 11.6 Å². The molecule has 0 saturated carbocycles. The van der Waals surface area contributed by atoms with Crippen LogP contribution < -0.4 is 0 Å². The van der Waals surface area contributed by atoms with Gasteiger partial charge in [0.1, 0.15) is 0 Å². The number of halogens is 1. The summed E-state index contributed by atoms with van der Waals surface area (Å²) in [5.41, 5.74) is 0.182. The average Bonchev–Trinajstić information content (AvgIpc) is 2.30. The Bertz CT molecular complexity index is 471. The Labute approximate surface area is 103 Å². The van der Waals surface area contributed by atoms with Crippen LogP contribution in [0.15, 0.2) is 24.3 Å². The molecule has 1 aromatic rings. The monoisotopic (exact) mass is 255 g/mol. The van der Waals surface area contributed by atoms with Gasteiger partial charge in [0, 0.05) is 6.07 Å². The molecule has 0 aliphatic rings. The van der Waals surface area contributed by atoms with E-state index in [1.165, 1.54) is 31.4 Å². The summed E-state index contributed by atoms with van der Waals surface area (Å²) in [5.74, 6) is -0.420. The highest BCUT2D eigenvalue weighted by molar-refractivity contribution is 6.32. The molecule has 0 unspecified atom stereocenters. The van der Waals surface area contributed by atoms with Crippen LogP contribution in [-0.4, -0.2) is 18.0 Å². The van der Waals surface area contributed by atoms with E-state index in [-0.39, 0.29) is 22.7 Å². The maximum Gasteiger partial charge on any atom is 0.309 e. The Morgan fingerprint density at radius 3 is 2.88 bits per heavy atom. The van der Waals surface area contributed by atoms with Crippen molar-refractivity contribution < 1.29 is 14.5 Å². The van der Waals surface area contributed by atoms with E-state index < -0.39 is 10.9 Å². The Hall–Kier alpha value is -1.88. The molecule has 0 heterocycles. The molecular weight excluding hydrogens is 246 g/mol. The van der Waals surface area contributed by atoms with Gasteiger partial charge in [-0.2, -0.15) is 0 Å². The van der Waals surface area contributed by atoms with Crippen LogP contribution in [0.5, 0.6) is 0 Å². The van der Waals surface area contributed by atoms with Crippen LogP contribution in [0.25, 0.3) is 6.08 Å². The van der Waals surface area contributed by atoms with Gasteiger partial charge in [0.05, 0.1) is 29.0 Å². The molecule has 0 fully saturated rings. The van der Waals surface area contributed by atoms with E-state index >= 15 is 0 Å². The highest BCUT2D eigenvalue weighted by Gasteiger charge is 2.13. The van der Waals surface area contributed by atoms with Crippen molar-refractivity contribution in [3.63, 3.8) is 0 Å². The quantitative estimate of drug-likeness (QED) is 0.471. The van der Waals surface area contributed by atoms with E-state index in [1.54, 1.807) is 6.07 Å². The molecule has 0 aliphatic heterocycles. The molecule has 17 heavy (non-hydrogen) atoms. The first-order chi connectivity index (χ1) is 8.06.